The zero-order chi connectivity index (χ0) is 16.4. The van der Waals surface area contributed by atoms with E-state index in [1.165, 1.54) is 11.8 Å². The largest absolute Gasteiger partial charge is 0.353 e. The van der Waals surface area contributed by atoms with Crippen LogP contribution in [0, 0.1) is 0 Å². The first-order chi connectivity index (χ1) is 11.1. The maximum Gasteiger partial charge on any atom is 0.262 e. The lowest BCUT2D eigenvalue weighted by atomic mass is 10.2. The minimum atomic E-state index is -0.0193. The smallest absolute Gasteiger partial charge is 0.262 e. The number of aromatic nitrogens is 2. The molecule has 23 heavy (non-hydrogen) atoms. The molecule has 0 aliphatic heterocycles. The zero-order valence-corrected chi connectivity index (χ0v) is 14.2. The van der Waals surface area contributed by atoms with Crippen LogP contribution in [-0.2, 0) is 4.79 Å². The number of hydrogen-bond acceptors (Lipinski definition) is 4. The summed E-state index contributed by atoms with van der Waals surface area (Å²) in [6.07, 6.45) is 2.91. The maximum atomic E-state index is 12.7. The number of carbonyl (C=O) groups excluding carboxylic acids is 1. The van der Waals surface area contributed by atoms with Crippen LogP contribution in [0.5, 0.6) is 0 Å². The Morgan fingerprint density at radius 1 is 1.43 bits per heavy atom. The molecule has 1 atom stereocenters. The van der Waals surface area contributed by atoms with Gasteiger partial charge >= 0.3 is 0 Å². The number of thioether (sulfide) groups is 1. The molecule has 1 aliphatic carbocycles. The Hall–Kier alpha value is -1.82. The van der Waals surface area contributed by atoms with Crippen LogP contribution in [0.2, 0.25) is 0 Å². The predicted molar refractivity (Wildman–Crippen MR) is 92.9 cm³/mol. The number of nitrogens with zero attached hydrogens (tertiary/aromatic N) is 2. The fourth-order valence-electron chi connectivity index (χ4n) is 2.43. The van der Waals surface area contributed by atoms with Crippen molar-refractivity contribution in [1.82, 2.24) is 14.9 Å². The van der Waals surface area contributed by atoms with Gasteiger partial charge in [-0.2, -0.15) is 0 Å². The Morgan fingerprint density at radius 3 is 2.87 bits per heavy atom. The van der Waals surface area contributed by atoms with E-state index in [-0.39, 0.29) is 29.3 Å². The molecule has 6 heteroatoms. The standard InChI is InChI=1S/C17H21N3O2S/c1-3-11(2)18-15(21)10-23-17-19-14-7-5-4-6-13(14)16(22)20(17)12-8-9-12/h4-7,11-12H,3,8-10H2,1-2H3,(H,18,21). The normalized spacial score (nSPS) is 15.6. The Kier molecular flexibility index (Phi) is 4.71. The summed E-state index contributed by atoms with van der Waals surface area (Å²) in [4.78, 5) is 29.3. The third-order valence-electron chi connectivity index (χ3n) is 4.04. The van der Waals surface area contributed by atoms with Gasteiger partial charge in [-0.05, 0) is 38.3 Å². The fraction of sp³-hybridized carbons (Fsp3) is 0.471. The molecule has 1 aliphatic rings. The molecule has 1 unspecified atom stereocenters. The summed E-state index contributed by atoms with van der Waals surface area (Å²) < 4.78 is 1.77. The number of fused-ring (bicyclic) bond motifs is 1. The van der Waals surface area contributed by atoms with E-state index in [0.717, 1.165) is 19.3 Å². The van der Waals surface area contributed by atoms with E-state index < -0.39 is 0 Å². The van der Waals surface area contributed by atoms with Crippen molar-refractivity contribution in [1.29, 1.82) is 0 Å². The van der Waals surface area contributed by atoms with Gasteiger partial charge in [-0.15, -0.1) is 0 Å². The summed E-state index contributed by atoms with van der Waals surface area (Å²) in [5, 5.41) is 4.24. The van der Waals surface area contributed by atoms with Crippen LogP contribution in [0.4, 0.5) is 0 Å². The van der Waals surface area contributed by atoms with Crippen molar-refractivity contribution in [2.45, 2.75) is 50.4 Å². The summed E-state index contributed by atoms with van der Waals surface area (Å²) in [6, 6.07) is 7.79. The van der Waals surface area contributed by atoms with Crippen molar-refractivity contribution in [2.75, 3.05) is 5.75 Å². The summed E-state index contributed by atoms with van der Waals surface area (Å²) in [5.74, 6) is 0.260. The molecule has 2 aromatic rings. The van der Waals surface area contributed by atoms with Gasteiger partial charge in [0, 0.05) is 12.1 Å². The molecule has 0 spiro atoms. The lowest BCUT2D eigenvalue weighted by molar-refractivity contribution is -0.119. The molecule has 122 valence electrons. The van der Waals surface area contributed by atoms with Crippen molar-refractivity contribution in [3.63, 3.8) is 0 Å². The van der Waals surface area contributed by atoms with Gasteiger partial charge in [-0.3, -0.25) is 14.2 Å². The first kappa shape index (κ1) is 16.1. The van der Waals surface area contributed by atoms with Gasteiger partial charge in [-0.25, -0.2) is 4.98 Å². The van der Waals surface area contributed by atoms with Crippen LogP contribution < -0.4 is 10.9 Å². The number of carbonyl (C=O) groups is 1. The van der Waals surface area contributed by atoms with Crippen LogP contribution in [0.25, 0.3) is 10.9 Å². The van der Waals surface area contributed by atoms with E-state index in [9.17, 15) is 9.59 Å². The van der Waals surface area contributed by atoms with E-state index in [2.05, 4.69) is 10.3 Å². The SMILES string of the molecule is CCC(C)NC(=O)CSc1nc2ccccc2c(=O)n1C1CC1. The van der Waals surface area contributed by atoms with E-state index in [1.807, 2.05) is 38.1 Å². The molecule has 5 nitrogen and oxygen atoms in total. The predicted octanol–water partition coefficient (Wildman–Crippen LogP) is 2.74. The molecule has 0 saturated heterocycles. The van der Waals surface area contributed by atoms with Crippen molar-refractivity contribution >= 4 is 28.6 Å². The summed E-state index contributed by atoms with van der Waals surface area (Å²) >= 11 is 1.34. The second-order valence-electron chi connectivity index (χ2n) is 5.98. The van der Waals surface area contributed by atoms with E-state index >= 15 is 0 Å². The molecule has 3 rings (SSSR count). The van der Waals surface area contributed by atoms with Gasteiger partial charge in [0.1, 0.15) is 0 Å². The van der Waals surface area contributed by atoms with Gasteiger partial charge < -0.3 is 5.32 Å². The van der Waals surface area contributed by atoms with Crippen molar-refractivity contribution < 1.29 is 4.79 Å². The minimum Gasteiger partial charge on any atom is -0.353 e. The zero-order valence-electron chi connectivity index (χ0n) is 13.4. The Morgan fingerprint density at radius 2 is 2.17 bits per heavy atom. The Balaban J connectivity index is 1.86. The molecular weight excluding hydrogens is 310 g/mol. The molecular formula is C17H21N3O2S. The van der Waals surface area contributed by atoms with Crippen LogP contribution in [-0.4, -0.2) is 27.3 Å². The number of benzene rings is 1. The lowest BCUT2D eigenvalue weighted by Gasteiger charge is -2.13. The highest BCUT2D eigenvalue weighted by molar-refractivity contribution is 7.99. The molecule has 1 aromatic heterocycles. The number of nitrogens with one attached hydrogen (secondary N) is 1. The molecule has 0 bridgehead atoms. The van der Waals surface area contributed by atoms with Crippen LogP contribution >= 0.6 is 11.8 Å². The highest BCUT2D eigenvalue weighted by Crippen LogP contribution is 2.36. The molecule has 1 amide bonds. The van der Waals surface area contributed by atoms with Crippen molar-refractivity contribution in [3.8, 4) is 0 Å². The third kappa shape index (κ3) is 3.58. The van der Waals surface area contributed by atoms with E-state index in [0.29, 0.717) is 16.1 Å². The molecule has 1 N–H and O–H groups in total. The first-order valence-corrected chi connectivity index (χ1v) is 9.02. The number of para-hydroxylation sites is 1. The monoisotopic (exact) mass is 331 g/mol. The highest BCUT2D eigenvalue weighted by atomic mass is 32.2. The average Bonchev–Trinajstić information content (AvgIpc) is 3.37. The lowest BCUT2D eigenvalue weighted by Crippen LogP contribution is -2.33. The third-order valence-corrected chi connectivity index (χ3v) is 4.99. The summed E-state index contributed by atoms with van der Waals surface area (Å²) in [7, 11) is 0. The fourth-order valence-corrected chi connectivity index (χ4v) is 3.31. The summed E-state index contributed by atoms with van der Waals surface area (Å²) in [5.41, 5.74) is 0.696. The second kappa shape index (κ2) is 6.74. The van der Waals surface area contributed by atoms with E-state index in [1.54, 1.807) is 4.57 Å². The Labute approximate surface area is 139 Å². The number of amides is 1. The second-order valence-corrected chi connectivity index (χ2v) is 6.93. The summed E-state index contributed by atoms with van der Waals surface area (Å²) in [6.45, 7) is 4.02. The number of hydrogen-bond donors (Lipinski definition) is 1. The molecule has 1 fully saturated rings. The first-order valence-electron chi connectivity index (χ1n) is 8.03. The van der Waals surface area contributed by atoms with Crippen LogP contribution in [0.15, 0.2) is 34.2 Å². The van der Waals surface area contributed by atoms with Crippen LogP contribution in [0.3, 0.4) is 0 Å². The van der Waals surface area contributed by atoms with Crippen molar-refractivity contribution in [2.24, 2.45) is 0 Å². The molecule has 1 saturated carbocycles. The topological polar surface area (TPSA) is 64.0 Å². The maximum absolute atomic E-state index is 12.7. The number of rotatable bonds is 6. The van der Waals surface area contributed by atoms with E-state index in [4.69, 9.17) is 0 Å². The van der Waals surface area contributed by atoms with Gasteiger partial charge in [0.15, 0.2) is 5.16 Å². The van der Waals surface area contributed by atoms with Gasteiger partial charge in [-0.1, -0.05) is 30.8 Å². The van der Waals surface area contributed by atoms with Gasteiger partial charge in [0.25, 0.3) is 5.56 Å². The van der Waals surface area contributed by atoms with Crippen LogP contribution in [0.1, 0.15) is 39.2 Å². The van der Waals surface area contributed by atoms with Gasteiger partial charge in [0.05, 0.1) is 16.7 Å². The van der Waals surface area contributed by atoms with Gasteiger partial charge in [0.2, 0.25) is 5.91 Å². The van der Waals surface area contributed by atoms with Crippen molar-refractivity contribution in [3.05, 3.63) is 34.6 Å². The average molecular weight is 331 g/mol. The highest BCUT2D eigenvalue weighted by Gasteiger charge is 2.28. The minimum absolute atomic E-state index is 0.00272. The molecule has 0 radical (unpaired) electrons. The molecule has 1 heterocycles. The quantitative estimate of drug-likeness (QED) is 0.653. The Bertz CT molecular complexity index is 783. The molecule has 1 aromatic carbocycles.